The van der Waals surface area contributed by atoms with Crippen LogP contribution in [0.25, 0.3) is 5.70 Å². The second-order valence-electron chi connectivity index (χ2n) is 7.49. The van der Waals surface area contributed by atoms with Crippen LogP contribution in [0.15, 0.2) is 59.6 Å². The van der Waals surface area contributed by atoms with E-state index in [2.05, 4.69) is 15.9 Å². The summed E-state index contributed by atoms with van der Waals surface area (Å²) in [6, 6.07) is 15.8. The molecule has 0 spiro atoms. The predicted molar refractivity (Wildman–Crippen MR) is 120 cm³/mol. The lowest BCUT2D eigenvalue weighted by Gasteiger charge is -2.36. The van der Waals surface area contributed by atoms with Gasteiger partial charge in [-0.3, -0.25) is 14.7 Å². The highest BCUT2D eigenvalue weighted by Crippen LogP contribution is 2.30. The largest absolute Gasteiger partial charge is 0.496 e. The molecule has 1 saturated heterocycles. The number of para-hydroxylation sites is 3. The SMILES string of the molecule is COc1ccccc1C1=CC(=O)CC(CN2CCN(c3ccccc3OC)CC2)=N1. The van der Waals surface area contributed by atoms with Crippen LogP contribution in [0, 0.1) is 0 Å². The fourth-order valence-electron chi connectivity index (χ4n) is 4.03. The third kappa shape index (κ3) is 4.39. The first-order chi connectivity index (χ1) is 14.7. The fraction of sp³-hybridized carbons (Fsp3) is 0.333. The van der Waals surface area contributed by atoms with E-state index < -0.39 is 0 Å². The average molecular weight is 405 g/mol. The highest BCUT2D eigenvalue weighted by Gasteiger charge is 2.23. The maximum Gasteiger partial charge on any atom is 0.163 e. The Labute approximate surface area is 177 Å². The molecule has 2 aliphatic heterocycles. The molecule has 2 aliphatic rings. The van der Waals surface area contributed by atoms with Crippen LogP contribution in [0.1, 0.15) is 12.0 Å². The van der Waals surface area contributed by atoms with E-state index in [0.29, 0.717) is 18.7 Å². The van der Waals surface area contributed by atoms with E-state index in [1.54, 1.807) is 20.3 Å². The lowest BCUT2D eigenvalue weighted by atomic mass is 10.0. The zero-order valence-corrected chi connectivity index (χ0v) is 17.5. The number of rotatable bonds is 6. The number of carbonyl (C=O) groups is 1. The first-order valence-electron chi connectivity index (χ1n) is 10.2. The van der Waals surface area contributed by atoms with Crippen molar-refractivity contribution in [2.75, 3.05) is 51.8 Å². The molecule has 0 saturated carbocycles. The molecule has 2 heterocycles. The van der Waals surface area contributed by atoms with Crippen molar-refractivity contribution in [3.05, 3.63) is 60.2 Å². The number of ketones is 1. The average Bonchev–Trinajstić information content (AvgIpc) is 2.79. The van der Waals surface area contributed by atoms with Crippen molar-refractivity contribution < 1.29 is 14.3 Å². The quantitative estimate of drug-likeness (QED) is 0.738. The van der Waals surface area contributed by atoms with Crippen LogP contribution in [0.3, 0.4) is 0 Å². The number of carbonyl (C=O) groups excluding carboxylic acids is 1. The number of aliphatic imine (C=N–C) groups is 1. The number of benzene rings is 2. The molecule has 6 nitrogen and oxygen atoms in total. The van der Waals surface area contributed by atoms with Gasteiger partial charge in [0.1, 0.15) is 11.5 Å². The zero-order valence-electron chi connectivity index (χ0n) is 17.5. The fourth-order valence-corrected chi connectivity index (χ4v) is 4.03. The highest BCUT2D eigenvalue weighted by molar-refractivity contribution is 6.14. The van der Waals surface area contributed by atoms with Crippen molar-refractivity contribution in [3.8, 4) is 11.5 Å². The standard InChI is InChI=1S/C24H27N3O3/c1-29-23-9-5-3-7-20(23)21-16-19(28)15-18(25-21)17-26-11-13-27(14-12-26)22-8-4-6-10-24(22)30-2/h3-10,16H,11-15,17H2,1-2H3. The van der Waals surface area contributed by atoms with E-state index in [4.69, 9.17) is 14.5 Å². The van der Waals surface area contributed by atoms with Crippen LogP contribution in [0.2, 0.25) is 0 Å². The van der Waals surface area contributed by atoms with Gasteiger partial charge in [0.05, 0.1) is 32.0 Å². The number of piperazine rings is 1. The Morgan fingerprint density at radius 2 is 1.57 bits per heavy atom. The number of ether oxygens (including phenoxy) is 2. The van der Waals surface area contributed by atoms with Gasteiger partial charge >= 0.3 is 0 Å². The smallest absolute Gasteiger partial charge is 0.163 e. The van der Waals surface area contributed by atoms with Gasteiger partial charge in [-0.15, -0.1) is 0 Å². The van der Waals surface area contributed by atoms with Gasteiger partial charge in [-0.25, -0.2) is 0 Å². The normalized spacial score (nSPS) is 17.4. The molecule has 0 bridgehead atoms. The van der Waals surface area contributed by atoms with Crippen LogP contribution in [0.5, 0.6) is 11.5 Å². The third-order valence-electron chi connectivity index (χ3n) is 5.54. The summed E-state index contributed by atoms with van der Waals surface area (Å²) < 4.78 is 10.9. The Morgan fingerprint density at radius 3 is 2.30 bits per heavy atom. The molecule has 0 atom stereocenters. The van der Waals surface area contributed by atoms with Crippen LogP contribution in [-0.4, -0.2) is 63.3 Å². The Bertz CT molecular complexity index is 975. The van der Waals surface area contributed by atoms with Crippen molar-refractivity contribution in [3.63, 3.8) is 0 Å². The minimum Gasteiger partial charge on any atom is -0.496 e. The minimum absolute atomic E-state index is 0.0913. The molecular formula is C24H27N3O3. The lowest BCUT2D eigenvalue weighted by Crippen LogP contribution is -2.48. The molecule has 4 rings (SSSR count). The van der Waals surface area contributed by atoms with Crippen molar-refractivity contribution >= 4 is 22.9 Å². The van der Waals surface area contributed by atoms with Crippen LogP contribution in [0.4, 0.5) is 5.69 Å². The van der Waals surface area contributed by atoms with Gasteiger partial charge in [0.15, 0.2) is 5.78 Å². The van der Waals surface area contributed by atoms with E-state index in [0.717, 1.165) is 54.6 Å². The van der Waals surface area contributed by atoms with E-state index in [-0.39, 0.29) is 5.78 Å². The summed E-state index contributed by atoms with van der Waals surface area (Å²) in [4.78, 5) is 21.9. The number of methoxy groups -OCH3 is 2. The Kier molecular flexibility index (Phi) is 6.14. The van der Waals surface area contributed by atoms with Gasteiger partial charge < -0.3 is 14.4 Å². The Hall–Kier alpha value is -3.12. The summed E-state index contributed by atoms with van der Waals surface area (Å²) in [5, 5.41) is 0. The van der Waals surface area contributed by atoms with Crippen LogP contribution >= 0.6 is 0 Å². The predicted octanol–water partition coefficient (Wildman–Crippen LogP) is 3.28. The minimum atomic E-state index is 0.0913. The van der Waals surface area contributed by atoms with E-state index in [1.807, 2.05) is 42.5 Å². The van der Waals surface area contributed by atoms with Gasteiger partial charge in [0.2, 0.25) is 0 Å². The molecule has 0 radical (unpaired) electrons. The van der Waals surface area contributed by atoms with Gasteiger partial charge in [0, 0.05) is 50.1 Å². The molecule has 2 aromatic carbocycles. The highest BCUT2D eigenvalue weighted by atomic mass is 16.5. The maximum atomic E-state index is 12.4. The molecule has 0 unspecified atom stereocenters. The number of hydrogen-bond acceptors (Lipinski definition) is 6. The maximum absolute atomic E-state index is 12.4. The second kappa shape index (κ2) is 9.13. The molecule has 1 fully saturated rings. The third-order valence-corrected chi connectivity index (χ3v) is 5.54. The molecule has 6 heteroatoms. The first-order valence-corrected chi connectivity index (χ1v) is 10.2. The number of hydrogen-bond donors (Lipinski definition) is 0. The van der Waals surface area contributed by atoms with Crippen molar-refractivity contribution in [2.45, 2.75) is 6.42 Å². The van der Waals surface area contributed by atoms with Crippen molar-refractivity contribution in [1.82, 2.24) is 4.90 Å². The van der Waals surface area contributed by atoms with E-state index in [1.165, 1.54) is 0 Å². The topological polar surface area (TPSA) is 54.4 Å². The number of anilines is 1. The van der Waals surface area contributed by atoms with Crippen LogP contribution in [-0.2, 0) is 4.79 Å². The summed E-state index contributed by atoms with van der Waals surface area (Å²) in [6.45, 7) is 4.36. The summed E-state index contributed by atoms with van der Waals surface area (Å²) in [5.41, 5.74) is 3.58. The van der Waals surface area contributed by atoms with E-state index in [9.17, 15) is 4.79 Å². The summed E-state index contributed by atoms with van der Waals surface area (Å²) in [7, 11) is 3.34. The zero-order chi connectivity index (χ0) is 20.9. The Balaban J connectivity index is 1.43. The molecular weight excluding hydrogens is 378 g/mol. The number of nitrogens with zero attached hydrogens (tertiary/aromatic N) is 3. The van der Waals surface area contributed by atoms with Gasteiger partial charge in [-0.1, -0.05) is 24.3 Å². The molecule has 0 aliphatic carbocycles. The van der Waals surface area contributed by atoms with Gasteiger partial charge in [-0.05, 0) is 24.3 Å². The van der Waals surface area contributed by atoms with Crippen LogP contribution < -0.4 is 14.4 Å². The molecule has 156 valence electrons. The molecule has 0 N–H and O–H groups in total. The first kappa shape index (κ1) is 20.2. The Morgan fingerprint density at radius 1 is 0.900 bits per heavy atom. The monoisotopic (exact) mass is 405 g/mol. The molecule has 2 aromatic rings. The number of allylic oxidation sites excluding steroid dienone is 1. The van der Waals surface area contributed by atoms with E-state index >= 15 is 0 Å². The molecule has 0 amide bonds. The summed E-state index contributed by atoms with van der Waals surface area (Å²) >= 11 is 0. The van der Waals surface area contributed by atoms with Gasteiger partial charge in [0.25, 0.3) is 0 Å². The van der Waals surface area contributed by atoms with Gasteiger partial charge in [-0.2, -0.15) is 0 Å². The molecule has 30 heavy (non-hydrogen) atoms. The lowest BCUT2D eigenvalue weighted by molar-refractivity contribution is -0.113. The second-order valence-corrected chi connectivity index (χ2v) is 7.49. The van der Waals surface area contributed by atoms with Crippen molar-refractivity contribution in [1.29, 1.82) is 0 Å². The summed E-state index contributed by atoms with van der Waals surface area (Å²) in [5.74, 6) is 1.72. The molecule has 0 aromatic heterocycles. The van der Waals surface area contributed by atoms with Crippen molar-refractivity contribution in [2.24, 2.45) is 4.99 Å². The summed E-state index contributed by atoms with van der Waals surface area (Å²) in [6.07, 6.45) is 2.01.